The van der Waals surface area contributed by atoms with Crippen molar-refractivity contribution in [2.45, 2.75) is 185 Å². The summed E-state index contributed by atoms with van der Waals surface area (Å²) in [5.41, 5.74) is 2.33. The molecule has 0 aliphatic heterocycles. The Labute approximate surface area is 379 Å². The molecule has 9 nitrogen and oxygen atoms in total. The highest BCUT2D eigenvalue weighted by molar-refractivity contribution is 7.81. The number of nitrogens with one attached hydrogen (secondary N) is 2. The summed E-state index contributed by atoms with van der Waals surface area (Å²) in [6.45, 7) is 7.79. The highest BCUT2D eigenvalue weighted by Crippen LogP contribution is 2.37. The fraction of sp³-hybridized carbons (Fsp3) is 0.771. The second kappa shape index (κ2) is 34.9. The molecule has 5 N–H and O–H groups in total. The average Bonchev–Trinajstić information content (AvgIpc) is 4.06. The van der Waals surface area contributed by atoms with Gasteiger partial charge < -0.3 is 40.2 Å². The van der Waals surface area contributed by atoms with E-state index in [1.807, 2.05) is 0 Å². The van der Waals surface area contributed by atoms with Gasteiger partial charge >= 0.3 is 0 Å². The van der Waals surface area contributed by atoms with Crippen molar-refractivity contribution in [2.24, 2.45) is 5.92 Å². The number of carbonyl (C=O) groups excluding carboxylic acids is 1. The SMILES string of the molecule is CCCCCC.O=C(CCCCCCCCCCC(Oc1c(F)c(F)c(F)c(F)c1F)=C1CCC1)NCCOCCOCCNC=C1CC1.OCCC(O)C(O)CC(S)C1CCC1. The maximum absolute atomic E-state index is 14.1. The summed E-state index contributed by atoms with van der Waals surface area (Å²) >= 11 is 4.42. The van der Waals surface area contributed by atoms with Gasteiger partial charge in [-0.1, -0.05) is 90.0 Å². The zero-order chi connectivity index (χ0) is 46.2. The minimum Gasteiger partial charge on any atom is -0.455 e. The summed E-state index contributed by atoms with van der Waals surface area (Å²) in [4.78, 5) is 12.0. The lowest BCUT2D eigenvalue weighted by Crippen LogP contribution is -2.33. The number of ether oxygens (including phenoxy) is 3. The number of benzene rings is 1. The second-order valence-corrected chi connectivity index (χ2v) is 17.6. The first kappa shape index (κ1) is 56.7. The first-order valence-corrected chi connectivity index (χ1v) is 24.3. The third kappa shape index (κ3) is 24.6. The summed E-state index contributed by atoms with van der Waals surface area (Å²) < 4.78 is 84.8. The highest BCUT2D eigenvalue weighted by atomic mass is 32.1. The number of unbranched alkanes of at least 4 members (excludes halogenated alkanes) is 10. The second-order valence-electron chi connectivity index (χ2n) is 16.9. The molecular formula is C48H79F5N2O7S. The number of allylic oxidation sites excluding steroid dienone is 3. The van der Waals surface area contributed by atoms with Crippen molar-refractivity contribution in [2.75, 3.05) is 46.1 Å². The minimum absolute atomic E-state index is 0.0280. The monoisotopic (exact) mass is 923 g/mol. The van der Waals surface area contributed by atoms with E-state index in [-0.39, 0.29) is 24.2 Å². The molecule has 3 atom stereocenters. The van der Waals surface area contributed by atoms with Crippen LogP contribution in [0.3, 0.4) is 0 Å². The van der Waals surface area contributed by atoms with Crippen LogP contribution in [0.4, 0.5) is 22.0 Å². The van der Waals surface area contributed by atoms with Crippen LogP contribution in [0.25, 0.3) is 0 Å². The van der Waals surface area contributed by atoms with E-state index in [1.165, 1.54) is 63.4 Å². The standard InChI is InChI=1S/C32H45F5N2O4.C10H20O3S.C6H14/c33-27-28(34)30(36)32(31(37)29(27)35)43-25(24-10-9-11-24)12-7-5-3-1-2-4-6-8-13-26(40)39-17-19-42-21-20-41-18-16-38-22-23-14-15-23;11-5-4-8(12)9(13)6-10(14)7-2-1-3-7;1-3-5-6-4-2/h22,38H,1-21H2,(H,39,40);7-14H,1-6H2;3-6H2,1-2H3. The van der Waals surface area contributed by atoms with Crippen LogP contribution in [0.1, 0.15) is 168 Å². The van der Waals surface area contributed by atoms with Gasteiger partial charge in [0.05, 0.1) is 38.6 Å². The summed E-state index contributed by atoms with van der Waals surface area (Å²) in [5, 5.41) is 33.8. The molecule has 3 fully saturated rings. The van der Waals surface area contributed by atoms with E-state index in [0.717, 1.165) is 63.5 Å². The molecule has 3 aliphatic carbocycles. The molecule has 4 rings (SSSR count). The number of rotatable bonds is 32. The van der Waals surface area contributed by atoms with Gasteiger partial charge in [0.15, 0.2) is 0 Å². The molecule has 0 heterocycles. The molecule has 0 radical (unpaired) electrons. The number of carbonyl (C=O) groups is 1. The lowest BCUT2D eigenvalue weighted by atomic mass is 9.80. The maximum Gasteiger partial charge on any atom is 0.220 e. The number of aliphatic hydroxyl groups excluding tert-OH is 3. The molecule has 15 heteroatoms. The van der Waals surface area contributed by atoms with E-state index in [9.17, 15) is 37.0 Å². The van der Waals surface area contributed by atoms with Gasteiger partial charge in [0.1, 0.15) is 5.76 Å². The van der Waals surface area contributed by atoms with Crippen LogP contribution < -0.4 is 15.4 Å². The Morgan fingerprint density at radius 2 is 1.25 bits per heavy atom. The van der Waals surface area contributed by atoms with Crippen molar-refractivity contribution < 1.29 is 56.3 Å². The van der Waals surface area contributed by atoms with Crippen LogP contribution in [0.2, 0.25) is 0 Å². The summed E-state index contributed by atoms with van der Waals surface area (Å²) in [7, 11) is 0. The number of aliphatic hydroxyl groups is 3. The van der Waals surface area contributed by atoms with Crippen molar-refractivity contribution in [3.8, 4) is 5.75 Å². The normalized spacial score (nSPS) is 15.7. The van der Waals surface area contributed by atoms with E-state index >= 15 is 0 Å². The van der Waals surface area contributed by atoms with Gasteiger partial charge in [-0.25, -0.2) is 13.2 Å². The van der Waals surface area contributed by atoms with Gasteiger partial charge in [0.25, 0.3) is 0 Å². The summed E-state index contributed by atoms with van der Waals surface area (Å²) in [6, 6.07) is 0. The first-order valence-electron chi connectivity index (χ1n) is 23.8. The van der Waals surface area contributed by atoms with E-state index < -0.39 is 47.0 Å². The Kier molecular flexibility index (Phi) is 31.4. The number of hydrogen-bond donors (Lipinski definition) is 6. The molecule has 0 spiro atoms. The Morgan fingerprint density at radius 3 is 1.75 bits per heavy atom. The van der Waals surface area contributed by atoms with E-state index in [4.69, 9.17) is 19.3 Å². The van der Waals surface area contributed by atoms with Gasteiger partial charge in [-0.05, 0) is 88.3 Å². The van der Waals surface area contributed by atoms with Gasteiger partial charge in [-0.2, -0.15) is 21.4 Å². The number of thiol groups is 1. The van der Waals surface area contributed by atoms with Crippen molar-refractivity contribution in [1.82, 2.24) is 10.6 Å². The van der Waals surface area contributed by atoms with Crippen LogP contribution in [0.5, 0.6) is 5.75 Å². The summed E-state index contributed by atoms with van der Waals surface area (Å²) in [5.74, 6) is -10.4. The Hall–Kier alpha value is -2.43. The highest BCUT2D eigenvalue weighted by Gasteiger charge is 2.30. The molecule has 0 aromatic heterocycles. The van der Waals surface area contributed by atoms with Crippen LogP contribution >= 0.6 is 12.6 Å². The molecule has 0 bridgehead atoms. The third-order valence-corrected chi connectivity index (χ3v) is 12.1. The fourth-order valence-corrected chi connectivity index (χ4v) is 7.36. The number of halogens is 5. The molecular weight excluding hydrogens is 844 g/mol. The largest absolute Gasteiger partial charge is 0.455 e. The van der Waals surface area contributed by atoms with E-state index in [2.05, 4.69) is 43.3 Å². The quantitative estimate of drug-likeness (QED) is 0.0105. The zero-order valence-electron chi connectivity index (χ0n) is 38.1. The predicted octanol–water partition coefficient (Wildman–Crippen LogP) is 10.7. The first-order chi connectivity index (χ1) is 30.4. The molecule has 3 aliphatic rings. The van der Waals surface area contributed by atoms with Gasteiger partial charge in [-0.15, -0.1) is 0 Å². The zero-order valence-corrected chi connectivity index (χ0v) is 39.0. The van der Waals surface area contributed by atoms with Gasteiger partial charge in [0.2, 0.25) is 40.7 Å². The number of hydrogen-bond acceptors (Lipinski definition) is 9. The van der Waals surface area contributed by atoms with Crippen molar-refractivity contribution in [3.05, 3.63) is 52.2 Å². The lowest BCUT2D eigenvalue weighted by molar-refractivity contribution is -0.121. The molecule has 63 heavy (non-hydrogen) atoms. The third-order valence-electron chi connectivity index (χ3n) is 11.5. The molecule has 364 valence electrons. The van der Waals surface area contributed by atoms with Crippen molar-refractivity contribution >= 4 is 18.5 Å². The van der Waals surface area contributed by atoms with E-state index in [0.29, 0.717) is 83.2 Å². The van der Waals surface area contributed by atoms with Crippen LogP contribution in [0.15, 0.2) is 23.1 Å². The Morgan fingerprint density at radius 1 is 0.714 bits per heavy atom. The lowest BCUT2D eigenvalue weighted by Gasteiger charge is -2.32. The molecule has 1 aromatic rings. The average molecular weight is 923 g/mol. The number of amides is 1. The van der Waals surface area contributed by atoms with Gasteiger partial charge in [-0.3, -0.25) is 4.79 Å². The van der Waals surface area contributed by atoms with Crippen LogP contribution in [-0.4, -0.2) is 84.8 Å². The molecule has 0 saturated heterocycles. The fourth-order valence-electron chi connectivity index (χ4n) is 6.85. The van der Waals surface area contributed by atoms with Crippen LogP contribution in [0, 0.1) is 35.0 Å². The van der Waals surface area contributed by atoms with Crippen LogP contribution in [-0.2, 0) is 14.3 Å². The maximum atomic E-state index is 14.1. The predicted molar refractivity (Wildman–Crippen MR) is 242 cm³/mol. The molecule has 1 aromatic carbocycles. The van der Waals surface area contributed by atoms with E-state index in [1.54, 1.807) is 0 Å². The van der Waals surface area contributed by atoms with Crippen molar-refractivity contribution in [1.29, 1.82) is 0 Å². The molecule has 1 amide bonds. The topological polar surface area (TPSA) is 130 Å². The Balaban J connectivity index is 0.000000560. The molecule has 3 unspecified atom stereocenters. The smallest absolute Gasteiger partial charge is 0.220 e. The minimum atomic E-state index is -2.19. The Bertz CT molecular complexity index is 1420. The molecule has 3 saturated carbocycles. The van der Waals surface area contributed by atoms with Crippen molar-refractivity contribution in [3.63, 3.8) is 0 Å². The summed E-state index contributed by atoms with van der Waals surface area (Å²) in [6.07, 6.45) is 23.5. The van der Waals surface area contributed by atoms with Gasteiger partial charge in [0, 0.05) is 37.8 Å².